The minimum atomic E-state index is -0.401. The number of halogens is 1. The first-order valence-electron chi connectivity index (χ1n) is 8.62. The molecule has 0 atom stereocenters. The third-order valence-corrected chi connectivity index (χ3v) is 5.19. The lowest BCUT2D eigenvalue weighted by atomic mass is 10.1. The summed E-state index contributed by atoms with van der Waals surface area (Å²) in [6, 6.07) is 14.5. The molecule has 0 amide bonds. The summed E-state index contributed by atoms with van der Waals surface area (Å²) in [6.07, 6.45) is 6.65. The summed E-state index contributed by atoms with van der Waals surface area (Å²) in [5.74, 6) is 0. The number of nitrogens with zero attached hydrogens (tertiary/aromatic N) is 4. The van der Waals surface area contributed by atoms with Gasteiger partial charge in [0, 0.05) is 27.7 Å². The molecule has 1 heterocycles. The van der Waals surface area contributed by atoms with Gasteiger partial charge in [0.1, 0.15) is 0 Å². The van der Waals surface area contributed by atoms with Gasteiger partial charge in [-0.25, -0.2) is 4.68 Å². The van der Waals surface area contributed by atoms with Gasteiger partial charge in [-0.3, -0.25) is 15.1 Å². The third kappa shape index (κ3) is 5.24. The SMILES string of the molecule is C=CCN=c1scc(-c2cccc(Br)c2)n1/N=C\C=C\c1ccccc1[N+](=O)[O-]. The lowest BCUT2D eigenvalue weighted by Gasteiger charge is -2.03. The van der Waals surface area contributed by atoms with Crippen LogP contribution in [0.15, 0.2) is 87.2 Å². The van der Waals surface area contributed by atoms with Crippen molar-refractivity contribution in [1.82, 2.24) is 4.68 Å². The monoisotopic (exact) mass is 468 g/mol. The van der Waals surface area contributed by atoms with E-state index in [1.807, 2.05) is 29.6 Å². The number of nitro benzene ring substituents is 1. The maximum Gasteiger partial charge on any atom is 0.276 e. The first kappa shape index (κ1) is 20.6. The molecule has 29 heavy (non-hydrogen) atoms. The predicted octanol–water partition coefficient (Wildman–Crippen LogP) is 5.52. The molecule has 0 unspecified atom stereocenters. The van der Waals surface area contributed by atoms with E-state index in [1.165, 1.54) is 17.4 Å². The van der Waals surface area contributed by atoms with Crippen molar-refractivity contribution in [1.29, 1.82) is 0 Å². The van der Waals surface area contributed by atoms with Crippen molar-refractivity contribution in [2.75, 3.05) is 6.54 Å². The number of benzene rings is 2. The Labute approximate surface area is 180 Å². The number of thiazole rings is 1. The Morgan fingerprint density at radius 1 is 1.24 bits per heavy atom. The van der Waals surface area contributed by atoms with E-state index >= 15 is 0 Å². The fourth-order valence-electron chi connectivity index (χ4n) is 2.55. The summed E-state index contributed by atoms with van der Waals surface area (Å²) in [7, 11) is 0. The Balaban J connectivity index is 1.96. The highest BCUT2D eigenvalue weighted by molar-refractivity contribution is 9.10. The van der Waals surface area contributed by atoms with Crippen LogP contribution in [0.5, 0.6) is 0 Å². The van der Waals surface area contributed by atoms with Crippen LogP contribution in [0, 0.1) is 10.1 Å². The molecule has 6 nitrogen and oxygen atoms in total. The lowest BCUT2D eigenvalue weighted by Crippen LogP contribution is -2.12. The Hall–Kier alpha value is -3.10. The Morgan fingerprint density at radius 3 is 2.83 bits per heavy atom. The smallest absolute Gasteiger partial charge is 0.258 e. The molecule has 0 aliphatic rings. The minimum Gasteiger partial charge on any atom is -0.258 e. The number of para-hydroxylation sites is 1. The van der Waals surface area contributed by atoms with Crippen molar-refractivity contribution >= 4 is 45.2 Å². The molecule has 146 valence electrons. The molecule has 3 rings (SSSR count). The molecule has 0 radical (unpaired) electrons. The number of allylic oxidation sites excluding steroid dienone is 1. The van der Waals surface area contributed by atoms with Gasteiger partial charge in [0.05, 0.1) is 22.7 Å². The molecule has 8 heteroatoms. The maximum atomic E-state index is 11.1. The molecule has 0 N–H and O–H groups in total. The molecule has 1 aromatic heterocycles. The van der Waals surface area contributed by atoms with Crippen LogP contribution >= 0.6 is 27.3 Å². The summed E-state index contributed by atoms with van der Waals surface area (Å²) in [6.45, 7) is 4.19. The highest BCUT2D eigenvalue weighted by atomic mass is 79.9. The quantitative estimate of drug-likeness (QED) is 0.198. The van der Waals surface area contributed by atoms with E-state index in [2.05, 4.69) is 32.6 Å². The minimum absolute atomic E-state index is 0.0526. The standard InChI is InChI=1S/C21H17BrN4O2S/c1-2-12-23-21-25(20(15-29-21)17-8-5-10-18(22)14-17)24-13-6-9-16-7-3-4-11-19(16)26(27)28/h2-11,13-15H,1,12H2/b9-6+,23-21?,24-13-. The van der Waals surface area contributed by atoms with Gasteiger partial charge in [-0.15, -0.1) is 17.9 Å². The zero-order valence-corrected chi connectivity index (χ0v) is 17.7. The van der Waals surface area contributed by atoms with Crippen LogP contribution in [-0.2, 0) is 0 Å². The van der Waals surface area contributed by atoms with Crippen molar-refractivity contribution in [3.8, 4) is 11.3 Å². The Morgan fingerprint density at radius 2 is 2.07 bits per heavy atom. The zero-order chi connectivity index (χ0) is 20.6. The number of hydrogen-bond donors (Lipinski definition) is 0. The fraction of sp³-hybridized carbons (Fsp3) is 0.0476. The normalized spacial score (nSPS) is 12.1. The highest BCUT2D eigenvalue weighted by Crippen LogP contribution is 2.23. The molecule has 0 bridgehead atoms. The number of aromatic nitrogens is 1. The van der Waals surface area contributed by atoms with Crippen LogP contribution in [0.4, 0.5) is 5.69 Å². The van der Waals surface area contributed by atoms with E-state index < -0.39 is 4.92 Å². The number of hydrogen-bond acceptors (Lipinski definition) is 5. The molecule has 0 aliphatic carbocycles. The van der Waals surface area contributed by atoms with E-state index in [1.54, 1.807) is 47.3 Å². The van der Waals surface area contributed by atoms with E-state index in [0.717, 1.165) is 20.5 Å². The third-order valence-electron chi connectivity index (χ3n) is 3.84. The van der Waals surface area contributed by atoms with E-state index in [9.17, 15) is 10.1 Å². The van der Waals surface area contributed by atoms with Gasteiger partial charge >= 0.3 is 0 Å². The summed E-state index contributed by atoms with van der Waals surface area (Å²) in [5, 5.41) is 17.6. The first-order valence-corrected chi connectivity index (χ1v) is 10.3. The van der Waals surface area contributed by atoms with Gasteiger partial charge in [0.15, 0.2) is 0 Å². The van der Waals surface area contributed by atoms with Crippen molar-refractivity contribution in [3.63, 3.8) is 0 Å². The van der Waals surface area contributed by atoms with Gasteiger partial charge in [0.2, 0.25) is 4.80 Å². The second kappa shape index (κ2) is 9.90. The zero-order valence-electron chi connectivity index (χ0n) is 15.3. The van der Waals surface area contributed by atoms with Crippen molar-refractivity contribution < 1.29 is 4.92 Å². The van der Waals surface area contributed by atoms with Crippen LogP contribution in [0.1, 0.15) is 5.56 Å². The summed E-state index contributed by atoms with van der Waals surface area (Å²) >= 11 is 4.98. The maximum absolute atomic E-state index is 11.1. The number of rotatable bonds is 7. The fourth-order valence-corrected chi connectivity index (χ4v) is 3.80. The summed E-state index contributed by atoms with van der Waals surface area (Å²) in [5.41, 5.74) is 2.46. The largest absolute Gasteiger partial charge is 0.276 e. The van der Waals surface area contributed by atoms with Gasteiger partial charge in [-0.2, -0.15) is 5.10 Å². The summed E-state index contributed by atoms with van der Waals surface area (Å²) in [4.78, 5) is 15.9. The van der Waals surface area contributed by atoms with Crippen molar-refractivity contribution in [2.45, 2.75) is 0 Å². The van der Waals surface area contributed by atoms with Gasteiger partial charge < -0.3 is 0 Å². The van der Waals surface area contributed by atoms with Gasteiger partial charge in [-0.1, -0.05) is 46.3 Å². The van der Waals surface area contributed by atoms with E-state index in [0.29, 0.717) is 12.1 Å². The van der Waals surface area contributed by atoms with Crippen molar-refractivity contribution in [2.24, 2.45) is 10.1 Å². The predicted molar refractivity (Wildman–Crippen MR) is 122 cm³/mol. The van der Waals surface area contributed by atoms with Crippen LogP contribution in [0.25, 0.3) is 17.3 Å². The molecular formula is C21H17BrN4O2S. The molecule has 0 spiro atoms. The van der Waals surface area contributed by atoms with Gasteiger partial charge in [0.25, 0.3) is 5.69 Å². The van der Waals surface area contributed by atoms with E-state index in [-0.39, 0.29) is 5.69 Å². The van der Waals surface area contributed by atoms with Crippen molar-refractivity contribution in [3.05, 3.63) is 97.6 Å². The highest BCUT2D eigenvalue weighted by Gasteiger charge is 2.09. The molecule has 0 fully saturated rings. The Bertz CT molecular complexity index is 1160. The van der Waals surface area contributed by atoms with E-state index in [4.69, 9.17) is 0 Å². The first-order chi connectivity index (χ1) is 14.1. The topological polar surface area (TPSA) is 72.8 Å². The van der Waals surface area contributed by atoms with Gasteiger partial charge in [-0.05, 0) is 30.4 Å². The second-order valence-corrected chi connectivity index (χ2v) is 7.55. The lowest BCUT2D eigenvalue weighted by molar-refractivity contribution is -0.385. The van der Waals surface area contributed by atoms with Crippen LogP contribution < -0.4 is 4.80 Å². The molecular weight excluding hydrogens is 452 g/mol. The molecule has 0 aliphatic heterocycles. The Kier molecular flexibility index (Phi) is 7.04. The average molecular weight is 469 g/mol. The number of nitro groups is 1. The second-order valence-electron chi connectivity index (χ2n) is 5.79. The molecule has 0 saturated heterocycles. The molecule has 3 aromatic rings. The average Bonchev–Trinajstić information content (AvgIpc) is 3.12. The van der Waals surface area contributed by atoms with Crippen LogP contribution in [-0.4, -0.2) is 22.4 Å². The molecule has 0 saturated carbocycles. The molecule has 2 aromatic carbocycles. The van der Waals surface area contributed by atoms with Crippen LogP contribution in [0.2, 0.25) is 0 Å². The van der Waals surface area contributed by atoms with Crippen LogP contribution in [0.3, 0.4) is 0 Å². The summed E-state index contributed by atoms with van der Waals surface area (Å²) < 4.78 is 2.72.